The summed E-state index contributed by atoms with van der Waals surface area (Å²) in [6.45, 7) is 0. The summed E-state index contributed by atoms with van der Waals surface area (Å²) in [7, 11) is 0. The van der Waals surface area contributed by atoms with Crippen LogP contribution in [0.1, 0.15) is 43.8 Å². The van der Waals surface area contributed by atoms with Gasteiger partial charge in [0.1, 0.15) is 29.3 Å². The third kappa shape index (κ3) is 1.90. The monoisotopic (exact) mass is 370 g/mol. The van der Waals surface area contributed by atoms with E-state index in [0.29, 0.717) is 23.0 Å². The Bertz CT molecular complexity index is 980. The molecular formula is C21H22O6. The van der Waals surface area contributed by atoms with E-state index >= 15 is 0 Å². The Balaban J connectivity index is 1.55. The van der Waals surface area contributed by atoms with E-state index in [-0.39, 0.29) is 28.7 Å². The molecule has 1 aromatic heterocycles. The van der Waals surface area contributed by atoms with Crippen LogP contribution in [0, 0.1) is 23.7 Å². The second-order valence-electron chi connectivity index (χ2n) is 8.95. The number of benzene rings is 1. The SMILES string of the molecule is O=c1cc(O)c2ccc3c(c2o1)[C@@H](O)[C@@H](O)C1(O3)C2CC3CC(C2)CC1C3. The number of aromatic hydroxyl groups is 1. The summed E-state index contributed by atoms with van der Waals surface area (Å²) < 4.78 is 11.8. The minimum absolute atomic E-state index is 0.0858. The van der Waals surface area contributed by atoms with Gasteiger partial charge in [-0.3, -0.25) is 0 Å². The van der Waals surface area contributed by atoms with E-state index in [1.54, 1.807) is 12.1 Å². The van der Waals surface area contributed by atoms with E-state index < -0.39 is 23.4 Å². The highest BCUT2D eigenvalue weighted by Gasteiger charge is 2.65. The molecule has 2 aromatic rings. The molecule has 2 atom stereocenters. The lowest BCUT2D eigenvalue weighted by Crippen LogP contribution is -2.68. The first-order chi connectivity index (χ1) is 13.0. The minimum Gasteiger partial charge on any atom is -0.507 e. The van der Waals surface area contributed by atoms with Gasteiger partial charge in [0.2, 0.25) is 0 Å². The largest absolute Gasteiger partial charge is 0.507 e. The van der Waals surface area contributed by atoms with Crippen LogP contribution in [0.3, 0.4) is 0 Å². The molecule has 7 rings (SSSR count). The molecule has 0 unspecified atom stereocenters. The number of rotatable bonds is 0. The van der Waals surface area contributed by atoms with Crippen LogP contribution >= 0.6 is 0 Å². The molecule has 4 aliphatic carbocycles. The quantitative estimate of drug-likeness (QED) is 0.616. The minimum atomic E-state index is -1.22. The molecule has 1 aliphatic heterocycles. The van der Waals surface area contributed by atoms with Crippen LogP contribution in [0.5, 0.6) is 11.5 Å². The molecule has 6 heteroatoms. The van der Waals surface area contributed by atoms with Gasteiger partial charge in [0.15, 0.2) is 5.58 Å². The van der Waals surface area contributed by atoms with Crippen molar-refractivity contribution in [3.05, 3.63) is 34.2 Å². The lowest BCUT2D eigenvalue weighted by Gasteiger charge is -2.63. The highest BCUT2D eigenvalue weighted by Crippen LogP contribution is 2.63. The second kappa shape index (κ2) is 5.06. The summed E-state index contributed by atoms with van der Waals surface area (Å²) in [5, 5.41) is 32.7. The van der Waals surface area contributed by atoms with Gasteiger partial charge in [-0.2, -0.15) is 0 Å². The standard InChI is InChI=1S/C21H22O6/c22-14-8-16(23)26-19-13(14)1-2-15-17(19)18(24)20(25)21(27-15)11-4-9-3-10(6-11)7-12(21)5-9/h1-2,8-12,18,20,22,24-25H,3-7H2/t9?,10?,11?,12?,18-,20-,21?/m1/s1. The van der Waals surface area contributed by atoms with Gasteiger partial charge in [-0.25, -0.2) is 4.79 Å². The number of hydrogen-bond acceptors (Lipinski definition) is 6. The van der Waals surface area contributed by atoms with Crippen LogP contribution in [0.4, 0.5) is 0 Å². The molecule has 6 nitrogen and oxygen atoms in total. The lowest BCUT2D eigenvalue weighted by molar-refractivity contribution is -0.237. The zero-order chi connectivity index (χ0) is 18.5. The van der Waals surface area contributed by atoms with Crippen LogP contribution in [0.15, 0.2) is 27.4 Å². The maximum atomic E-state index is 11.8. The average Bonchev–Trinajstić information content (AvgIpc) is 2.62. The van der Waals surface area contributed by atoms with E-state index in [9.17, 15) is 20.1 Å². The Morgan fingerprint density at radius 1 is 1.00 bits per heavy atom. The molecule has 0 amide bonds. The number of hydrogen-bond donors (Lipinski definition) is 3. The van der Waals surface area contributed by atoms with Crippen molar-refractivity contribution in [1.29, 1.82) is 0 Å². The molecule has 1 spiro atoms. The lowest BCUT2D eigenvalue weighted by atomic mass is 9.47. The maximum absolute atomic E-state index is 11.8. The fraction of sp³-hybridized carbons (Fsp3) is 0.571. The third-order valence-corrected chi connectivity index (χ3v) is 7.65. The zero-order valence-corrected chi connectivity index (χ0v) is 14.8. The van der Waals surface area contributed by atoms with Gasteiger partial charge in [0.25, 0.3) is 0 Å². The zero-order valence-electron chi connectivity index (χ0n) is 14.8. The van der Waals surface area contributed by atoms with Crippen LogP contribution in [-0.2, 0) is 0 Å². The van der Waals surface area contributed by atoms with E-state index in [4.69, 9.17) is 9.15 Å². The first kappa shape index (κ1) is 16.0. The summed E-state index contributed by atoms with van der Waals surface area (Å²) in [5.74, 6) is 2.12. The Morgan fingerprint density at radius 2 is 1.67 bits per heavy atom. The Hall–Kier alpha value is -2.05. The summed E-state index contributed by atoms with van der Waals surface area (Å²) in [6, 6.07) is 4.35. The maximum Gasteiger partial charge on any atom is 0.339 e. The van der Waals surface area contributed by atoms with Crippen LogP contribution in [-0.4, -0.2) is 27.0 Å². The van der Waals surface area contributed by atoms with Gasteiger partial charge in [-0.05, 0) is 56.1 Å². The van der Waals surface area contributed by atoms with Gasteiger partial charge in [0, 0.05) is 11.8 Å². The molecule has 142 valence electrons. The predicted octanol–water partition coefficient (Wildman–Crippen LogP) is 2.48. The summed E-state index contributed by atoms with van der Waals surface area (Å²) in [6.07, 6.45) is 3.13. The highest BCUT2D eigenvalue weighted by molar-refractivity contribution is 5.88. The first-order valence-corrected chi connectivity index (χ1v) is 9.82. The highest BCUT2D eigenvalue weighted by atomic mass is 16.5. The van der Waals surface area contributed by atoms with Gasteiger partial charge < -0.3 is 24.5 Å². The Kier molecular flexibility index (Phi) is 2.99. The van der Waals surface area contributed by atoms with Crippen molar-refractivity contribution in [2.75, 3.05) is 0 Å². The summed E-state index contributed by atoms with van der Waals surface area (Å²) in [4.78, 5) is 11.8. The topological polar surface area (TPSA) is 100 Å². The van der Waals surface area contributed by atoms with Crippen molar-refractivity contribution in [3.8, 4) is 11.5 Å². The van der Waals surface area contributed by atoms with Crippen molar-refractivity contribution in [1.82, 2.24) is 0 Å². The van der Waals surface area contributed by atoms with E-state index in [1.807, 2.05) is 0 Å². The third-order valence-electron chi connectivity index (χ3n) is 7.65. The van der Waals surface area contributed by atoms with E-state index in [0.717, 1.165) is 31.7 Å². The van der Waals surface area contributed by atoms with Gasteiger partial charge in [-0.15, -0.1) is 0 Å². The fourth-order valence-electron chi connectivity index (χ4n) is 6.81. The predicted molar refractivity (Wildman–Crippen MR) is 95.5 cm³/mol. The molecule has 1 aromatic carbocycles. The van der Waals surface area contributed by atoms with Gasteiger partial charge >= 0.3 is 5.63 Å². The molecule has 4 saturated carbocycles. The first-order valence-electron chi connectivity index (χ1n) is 9.82. The summed E-state index contributed by atoms with van der Waals surface area (Å²) in [5.41, 5.74) is -1.13. The molecule has 0 saturated heterocycles. The van der Waals surface area contributed by atoms with E-state index in [2.05, 4.69) is 0 Å². The molecule has 27 heavy (non-hydrogen) atoms. The number of ether oxygens (including phenoxy) is 1. The van der Waals surface area contributed by atoms with Crippen molar-refractivity contribution in [2.45, 2.75) is 49.9 Å². The van der Waals surface area contributed by atoms with E-state index in [1.165, 1.54) is 6.42 Å². The Morgan fingerprint density at radius 3 is 2.33 bits per heavy atom. The van der Waals surface area contributed by atoms with Gasteiger partial charge in [-0.1, -0.05) is 0 Å². The average molecular weight is 370 g/mol. The van der Waals surface area contributed by atoms with Crippen LogP contribution in [0.2, 0.25) is 0 Å². The smallest absolute Gasteiger partial charge is 0.339 e. The van der Waals surface area contributed by atoms with Crippen LogP contribution in [0.25, 0.3) is 11.0 Å². The molecule has 4 bridgehead atoms. The molecule has 5 aliphatic rings. The molecular weight excluding hydrogens is 348 g/mol. The fourth-order valence-corrected chi connectivity index (χ4v) is 6.81. The number of fused-ring (bicyclic) bond motifs is 3. The molecule has 4 fully saturated rings. The molecule has 0 radical (unpaired) electrons. The normalized spacial score (nSPS) is 41.7. The second-order valence-corrected chi connectivity index (χ2v) is 8.95. The summed E-state index contributed by atoms with van der Waals surface area (Å²) >= 11 is 0. The van der Waals surface area contributed by atoms with Gasteiger partial charge in [0.05, 0.1) is 17.0 Å². The van der Waals surface area contributed by atoms with Crippen molar-refractivity contribution in [3.63, 3.8) is 0 Å². The Labute approximate surface area is 155 Å². The number of aliphatic hydroxyl groups excluding tert-OH is 2. The molecule has 3 N–H and O–H groups in total. The van der Waals surface area contributed by atoms with Crippen molar-refractivity contribution in [2.24, 2.45) is 23.7 Å². The van der Waals surface area contributed by atoms with Crippen molar-refractivity contribution < 1.29 is 24.5 Å². The van der Waals surface area contributed by atoms with Crippen LogP contribution < -0.4 is 10.4 Å². The molecule has 2 heterocycles. The number of aliphatic hydroxyl groups is 2. The van der Waals surface area contributed by atoms with Crippen molar-refractivity contribution >= 4 is 11.0 Å².